The lowest BCUT2D eigenvalue weighted by Crippen LogP contribution is -2.26. The Balaban J connectivity index is 1.21. The first-order valence-electron chi connectivity index (χ1n) is 13.5. The van der Waals surface area contributed by atoms with Gasteiger partial charge in [-0.25, -0.2) is 0 Å². The molecule has 0 N–H and O–H groups in total. The van der Waals surface area contributed by atoms with Gasteiger partial charge in [0.1, 0.15) is 24.7 Å². The smallest absolute Gasteiger partial charge is 0.207 e. The van der Waals surface area contributed by atoms with Crippen LogP contribution in [0, 0.1) is 6.92 Å². The fourth-order valence-electron chi connectivity index (χ4n) is 4.51. The molecule has 0 bridgehead atoms. The molecule has 0 fully saturated rings. The van der Waals surface area contributed by atoms with Crippen LogP contribution in [0.5, 0.6) is 11.5 Å². The van der Waals surface area contributed by atoms with Crippen molar-refractivity contribution in [1.29, 1.82) is 0 Å². The van der Waals surface area contributed by atoms with Crippen molar-refractivity contribution in [1.82, 2.24) is 4.90 Å². The van der Waals surface area contributed by atoms with Crippen LogP contribution in [-0.4, -0.2) is 44.0 Å². The Bertz CT molecular complexity index is 1290. The first-order valence-corrected chi connectivity index (χ1v) is 14.2. The molecule has 0 aliphatic carbocycles. The fraction of sp³-hybridized carbons (Fsp3) is 0.265. The number of likely N-dealkylation sites (N-methyl/N-ethyl adjacent to an activating group) is 1. The average Bonchev–Trinajstić information content (AvgIpc) is 2.96. The molecule has 0 saturated carbocycles. The number of Topliss-reactive ketones (excluding diaryl/α,β-unsaturated/α-hetero) is 1. The Labute approximate surface area is 247 Å². The van der Waals surface area contributed by atoms with Crippen molar-refractivity contribution in [2.75, 3.05) is 33.4 Å². The normalized spacial score (nSPS) is 11.2. The third kappa shape index (κ3) is 9.41. The van der Waals surface area contributed by atoms with Crippen molar-refractivity contribution in [3.8, 4) is 11.5 Å². The second-order valence-electron chi connectivity index (χ2n) is 10.1. The molecule has 0 atom stereocenters. The minimum atomic E-state index is -0.108. The summed E-state index contributed by atoms with van der Waals surface area (Å²) in [5.41, 5.74) is 4.85. The van der Waals surface area contributed by atoms with Crippen LogP contribution in [0.2, 0.25) is 10.0 Å². The number of hydrogen-bond acceptors (Lipinski definition) is 4. The summed E-state index contributed by atoms with van der Waals surface area (Å²) in [6.45, 7) is 3.84. The van der Waals surface area contributed by atoms with Crippen LogP contribution in [0.4, 0.5) is 0 Å². The summed E-state index contributed by atoms with van der Waals surface area (Å²) in [7, 11) is 2.16. The van der Waals surface area contributed by atoms with Crippen molar-refractivity contribution >= 4 is 29.0 Å². The van der Waals surface area contributed by atoms with Crippen LogP contribution < -0.4 is 9.47 Å². The summed E-state index contributed by atoms with van der Waals surface area (Å²) < 4.78 is 11.2. The second-order valence-corrected chi connectivity index (χ2v) is 11.0. The third-order valence-corrected chi connectivity index (χ3v) is 7.29. The van der Waals surface area contributed by atoms with Gasteiger partial charge < -0.3 is 14.4 Å². The summed E-state index contributed by atoms with van der Waals surface area (Å²) in [4.78, 5) is 14.5. The molecule has 40 heavy (non-hydrogen) atoms. The number of carbonyl (C=O) groups excluding carboxylic acids is 1. The summed E-state index contributed by atoms with van der Waals surface area (Å²) in [6.07, 6.45) is 1.99. The van der Waals surface area contributed by atoms with Gasteiger partial charge in [-0.1, -0.05) is 77.3 Å². The maximum Gasteiger partial charge on any atom is 0.207 e. The number of hydrogen-bond donors (Lipinski definition) is 0. The molecule has 6 heteroatoms. The quantitative estimate of drug-likeness (QED) is 0.152. The van der Waals surface area contributed by atoms with Crippen molar-refractivity contribution < 1.29 is 14.3 Å². The second kappa shape index (κ2) is 14.9. The van der Waals surface area contributed by atoms with Crippen molar-refractivity contribution in [2.24, 2.45) is 0 Å². The largest absolute Gasteiger partial charge is 0.486 e. The van der Waals surface area contributed by atoms with Gasteiger partial charge >= 0.3 is 0 Å². The Kier molecular flexibility index (Phi) is 11.1. The summed E-state index contributed by atoms with van der Waals surface area (Å²) >= 11 is 12.3. The number of ether oxygens (including phenoxy) is 2. The lowest BCUT2D eigenvalue weighted by molar-refractivity contribution is -0.123. The Morgan fingerprint density at radius 1 is 0.725 bits per heavy atom. The Hall–Kier alpha value is -3.31. The molecule has 0 spiro atoms. The average molecular weight is 577 g/mol. The summed E-state index contributed by atoms with van der Waals surface area (Å²) in [5, 5.41) is 1.48. The highest BCUT2D eigenvalue weighted by Gasteiger charge is 2.17. The zero-order valence-corrected chi connectivity index (χ0v) is 24.5. The van der Waals surface area contributed by atoms with Crippen LogP contribution >= 0.6 is 23.2 Å². The number of halogens is 2. The molecule has 4 nitrogen and oxygen atoms in total. The number of nitrogens with zero attached hydrogens (tertiary/aromatic N) is 1. The molecule has 0 saturated heterocycles. The fourth-order valence-corrected chi connectivity index (χ4v) is 4.76. The van der Waals surface area contributed by atoms with E-state index in [1.807, 2.05) is 67.6 Å². The molecule has 0 radical (unpaired) electrons. The van der Waals surface area contributed by atoms with Crippen molar-refractivity contribution in [3.63, 3.8) is 0 Å². The van der Waals surface area contributed by atoms with Gasteiger partial charge in [0.05, 0.1) is 0 Å². The van der Waals surface area contributed by atoms with E-state index in [0.29, 0.717) is 11.5 Å². The standard InChI is InChI=1S/C34H35Cl2NO3/c1-25-5-17-32(18-6-25)39-23-31(38)24-40-33-19-7-26(8-20-33)4-3-21-37(2)22-34(27-9-13-29(35)14-10-27)28-11-15-30(36)16-12-28/h5-20,34H,3-4,21-24H2,1-2H3. The van der Waals surface area contributed by atoms with E-state index in [4.69, 9.17) is 32.7 Å². The van der Waals surface area contributed by atoms with Gasteiger partial charge in [-0.05, 0) is 98.6 Å². The third-order valence-electron chi connectivity index (χ3n) is 6.79. The number of aryl methyl sites for hydroxylation is 2. The highest BCUT2D eigenvalue weighted by molar-refractivity contribution is 6.30. The number of ketones is 1. The molecule has 0 aliphatic heterocycles. The van der Waals surface area contributed by atoms with Crippen molar-refractivity contribution in [3.05, 3.63) is 129 Å². The van der Waals surface area contributed by atoms with E-state index in [9.17, 15) is 4.79 Å². The maximum atomic E-state index is 12.1. The predicted molar refractivity (Wildman–Crippen MR) is 164 cm³/mol. The van der Waals surface area contributed by atoms with Crippen LogP contribution in [-0.2, 0) is 11.2 Å². The van der Waals surface area contributed by atoms with E-state index in [-0.39, 0.29) is 24.9 Å². The molecule has 4 aromatic rings. The SMILES string of the molecule is Cc1ccc(OCC(=O)COc2ccc(CCCN(C)CC(c3ccc(Cl)cc3)c3ccc(Cl)cc3)cc2)cc1. The van der Waals surface area contributed by atoms with Gasteiger partial charge in [-0.2, -0.15) is 0 Å². The maximum absolute atomic E-state index is 12.1. The lowest BCUT2D eigenvalue weighted by Gasteiger charge is -2.25. The molecule has 208 valence electrons. The monoisotopic (exact) mass is 575 g/mol. The lowest BCUT2D eigenvalue weighted by atomic mass is 9.91. The Morgan fingerprint density at radius 3 is 1.70 bits per heavy atom. The number of carbonyl (C=O) groups is 1. The minimum absolute atomic E-state index is 0.00838. The molecular weight excluding hydrogens is 541 g/mol. The van der Waals surface area contributed by atoms with Crippen LogP contribution in [0.15, 0.2) is 97.1 Å². The number of rotatable bonds is 14. The Morgan fingerprint density at radius 2 is 1.20 bits per heavy atom. The molecule has 4 rings (SSSR count). The zero-order valence-electron chi connectivity index (χ0n) is 23.0. The number of benzene rings is 4. The van der Waals surface area contributed by atoms with E-state index in [1.165, 1.54) is 16.7 Å². The van der Waals surface area contributed by atoms with Crippen LogP contribution in [0.25, 0.3) is 0 Å². The molecule has 0 heterocycles. The minimum Gasteiger partial charge on any atom is -0.486 e. The van der Waals surface area contributed by atoms with E-state index in [2.05, 4.69) is 48.3 Å². The molecule has 0 amide bonds. The van der Waals surface area contributed by atoms with Gasteiger partial charge in [-0.15, -0.1) is 0 Å². The highest BCUT2D eigenvalue weighted by atomic mass is 35.5. The summed E-state index contributed by atoms with van der Waals surface area (Å²) in [5.74, 6) is 1.47. The first kappa shape index (κ1) is 29.7. The molecule has 0 aromatic heterocycles. The van der Waals surface area contributed by atoms with Crippen LogP contribution in [0.3, 0.4) is 0 Å². The van der Waals surface area contributed by atoms with E-state index >= 15 is 0 Å². The molecular formula is C34H35Cl2NO3. The zero-order chi connectivity index (χ0) is 28.3. The van der Waals surface area contributed by atoms with E-state index < -0.39 is 0 Å². The van der Waals surface area contributed by atoms with Crippen LogP contribution in [0.1, 0.15) is 34.6 Å². The summed E-state index contributed by atoms with van der Waals surface area (Å²) in [6, 6.07) is 31.8. The predicted octanol–water partition coefficient (Wildman–Crippen LogP) is 8.03. The first-order chi connectivity index (χ1) is 19.4. The van der Waals surface area contributed by atoms with Gasteiger partial charge in [0.2, 0.25) is 5.78 Å². The van der Waals surface area contributed by atoms with Crippen molar-refractivity contribution in [2.45, 2.75) is 25.7 Å². The molecule has 0 unspecified atom stereocenters. The molecule has 4 aromatic carbocycles. The van der Waals surface area contributed by atoms with Gasteiger partial charge in [-0.3, -0.25) is 4.79 Å². The van der Waals surface area contributed by atoms with Gasteiger partial charge in [0.15, 0.2) is 0 Å². The topological polar surface area (TPSA) is 38.8 Å². The van der Waals surface area contributed by atoms with Gasteiger partial charge in [0.25, 0.3) is 0 Å². The van der Waals surface area contributed by atoms with E-state index in [1.54, 1.807) is 0 Å². The van der Waals surface area contributed by atoms with Gasteiger partial charge in [0, 0.05) is 22.5 Å². The molecule has 0 aliphatic rings. The van der Waals surface area contributed by atoms with E-state index in [0.717, 1.165) is 41.5 Å². The highest BCUT2D eigenvalue weighted by Crippen LogP contribution is 2.28.